The molecule has 0 aliphatic rings. The molecule has 0 fully saturated rings. The molecule has 0 bridgehead atoms. The Kier molecular flexibility index (Phi) is 44.0. The maximum Gasteiger partial charge on any atom is 0.306 e. The van der Waals surface area contributed by atoms with Gasteiger partial charge in [-0.05, 0) is 86.6 Å². The molecule has 3 aromatic rings. The van der Waals surface area contributed by atoms with Crippen molar-refractivity contribution >= 4 is 41.5 Å². The second-order valence-corrected chi connectivity index (χ2v) is 8.36. The standard InChI is InChI=1S/C11H11NO2.C10H9NO3.C7H4FN.C4H8O2.3C2H6.HI/c1-9(13)6-7-14-11-4-2-10(8-12)3-5-11;11-7-8-1-3-9(4-2-8)14-6-5-10(12)13;8-7-3-1-6(5-9)2-4-7;1-4(6)2-3-5;3*1-2;/h2-5H,6-7H2,1H3;1-4H,5-6H2,(H,12,13);1-4H;5H,2-3H2,1H3;3*1-2H3;1H. The average Bonchev–Trinajstić information content (AvgIpc) is 3.12. The van der Waals surface area contributed by atoms with E-state index in [0.29, 0.717) is 47.6 Å². The number of nitrogens with zero attached hydrogens (tertiary/aromatic N) is 3. The summed E-state index contributed by atoms with van der Waals surface area (Å²) in [5.74, 6) is 0.208. The summed E-state index contributed by atoms with van der Waals surface area (Å²) in [5.41, 5.74) is 1.64. The maximum atomic E-state index is 12.1. The molecule has 0 spiro atoms. The second-order valence-electron chi connectivity index (χ2n) is 8.36. The summed E-state index contributed by atoms with van der Waals surface area (Å²) in [6.45, 7) is 15.5. The molecule has 0 unspecified atom stereocenters. The zero-order valence-electron chi connectivity index (χ0n) is 30.2. The van der Waals surface area contributed by atoms with Crippen LogP contribution in [-0.4, -0.2) is 47.6 Å². The van der Waals surface area contributed by atoms with E-state index in [1.807, 2.05) is 59.8 Å². The summed E-state index contributed by atoms with van der Waals surface area (Å²) >= 11 is 0. The van der Waals surface area contributed by atoms with Gasteiger partial charge in [-0.15, -0.1) is 24.0 Å². The number of carbonyl (C=O) groups excluding carboxylic acids is 2. The van der Waals surface area contributed by atoms with Gasteiger partial charge in [0.1, 0.15) is 28.9 Å². The first-order valence-electron chi connectivity index (χ1n) is 15.8. The van der Waals surface area contributed by atoms with Gasteiger partial charge in [-0.25, -0.2) is 4.39 Å². The number of aliphatic hydroxyl groups is 1. The predicted molar refractivity (Wildman–Crippen MR) is 204 cm³/mol. The fourth-order valence-corrected chi connectivity index (χ4v) is 2.50. The summed E-state index contributed by atoms with van der Waals surface area (Å²) in [6.07, 6.45) is 0.681. The SMILES string of the molecule is CC.CC.CC.CC(=O)CCO.CC(=O)CCOc1ccc(C#N)cc1.I.N#Cc1ccc(F)cc1.N#Cc1ccc(OCCC(=O)O)cc1. The minimum absolute atomic E-state index is 0. The summed E-state index contributed by atoms with van der Waals surface area (Å²) in [7, 11) is 0. The lowest BCUT2D eigenvalue weighted by atomic mass is 10.2. The van der Waals surface area contributed by atoms with Crippen molar-refractivity contribution in [3.05, 3.63) is 95.3 Å². The van der Waals surface area contributed by atoms with E-state index < -0.39 is 5.97 Å². The third kappa shape index (κ3) is 36.0. The number of aliphatic hydroxyl groups excluding tert-OH is 1. The van der Waals surface area contributed by atoms with Gasteiger partial charge in [0.05, 0.1) is 54.5 Å². The molecule has 0 atom stereocenters. The van der Waals surface area contributed by atoms with Crippen LogP contribution in [0.2, 0.25) is 0 Å². The molecular weight excluding hydrogens is 756 g/mol. The Hall–Kier alpha value is -4.84. The van der Waals surface area contributed by atoms with Crippen LogP contribution in [0.3, 0.4) is 0 Å². The minimum Gasteiger partial charge on any atom is -0.493 e. The Labute approximate surface area is 314 Å². The molecule has 274 valence electrons. The fraction of sp³-hybridized carbons (Fsp3) is 0.368. The van der Waals surface area contributed by atoms with Crippen molar-refractivity contribution in [2.45, 2.75) is 74.7 Å². The number of aliphatic carboxylic acids is 1. The normalized spacial score (nSPS) is 7.98. The Balaban J connectivity index is -0.000000176. The molecule has 0 aliphatic carbocycles. The van der Waals surface area contributed by atoms with E-state index in [-0.39, 0.29) is 61.0 Å². The van der Waals surface area contributed by atoms with Crippen LogP contribution < -0.4 is 9.47 Å². The molecule has 0 heterocycles. The van der Waals surface area contributed by atoms with Crippen molar-refractivity contribution in [1.82, 2.24) is 0 Å². The lowest BCUT2D eigenvalue weighted by Gasteiger charge is -2.03. The number of carboxylic acid groups (broad SMARTS) is 1. The van der Waals surface area contributed by atoms with E-state index in [1.54, 1.807) is 48.5 Å². The lowest BCUT2D eigenvalue weighted by Crippen LogP contribution is -2.04. The van der Waals surface area contributed by atoms with E-state index in [4.69, 9.17) is 35.5 Å². The average molecular weight is 808 g/mol. The van der Waals surface area contributed by atoms with Gasteiger partial charge >= 0.3 is 5.97 Å². The lowest BCUT2D eigenvalue weighted by molar-refractivity contribution is -0.137. The Morgan fingerprint density at radius 2 is 0.900 bits per heavy atom. The van der Waals surface area contributed by atoms with Gasteiger partial charge in [-0.1, -0.05) is 41.5 Å². The van der Waals surface area contributed by atoms with Crippen LogP contribution in [0.25, 0.3) is 0 Å². The van der Waals surface area contributed by atoms with Crippen LogP contribution in [0.5, 0.6) is 11.5 Å². The monoisotopic (exact) mass is 807 g/mol. The molecule has 0 saturated heterocycles. The Morgan fingerprint density at radius 1 is 0.600 bits per heavy atom. The molecule has 2 N–H and O–H groups in total. The minimum atomic E-state index is -0.890. The van der Waals surface area contributed by atoms with Crippen LogP contribution >= 0.6 is 24.0 Å². The van der Waals surface area contributed by atoms with Crippen molar-refractivity contribution in [2.24, 2.45) is 0 Å². The van der Waals surface area contributed by atoms with Crippen molar-refractivity contribution in [3.8, 4) is 29.7 Å². The van der Waals surface area contributed by atoms with E-state index in [0.717, 1.165) is 0 Å². The molecule has 3 aromatic carbocycles. The van der Waals surface area contributed by atoms with E-state index >= 15 is 0 Å². The number of carbonyl (C=O) groups is 3. The molecule has 0 aromatic heterocycles. The molecule has 50 heavy (non-hydrogen) atoms. The van der Waals surface area contributed by atoms with Gasteiger partial charge in [-0.2, -0.15) is 15.8 Å². The number of ether oxygens (including phenoxy) is 2. The highest BCUT2D eigenvalue weighted by atomic mass is 127. The summed E-state index contributed by atoms with van der Waals surface area (Å²) < 4.78 is 22.5. The second kappa shape index (κ2) is 40.3. The molecule has 3 rings (SSSR count). The number of benzene rings is 3. The quantitative estimate of drug-likeness (QED) is 0.188. The zero-order chi connectivity index (χ0) is 38.5. The molecule has 10 nitrogen and oxygen atoms in total. The number of nitriles is 3. The number of carboxylic acids is 1. The van der Waals surface area contributed by atoms with Gasteiger partial charge in [0.15, 0.2) is 0 Å². The highest BCUT2D eigenvalue weighted by Crippen LogP contribution is 2.12. The highest BCUT2D eigenvalue weighted by Gasteiger charge is 1.99. The zero-order valence-corrected chi connectivity index (χ0v) is 32.6. The van der Waals surface area contributed by atoms with Crippen molar-refractivity contribution in [3.63, 3.8) is 0 Å². The molecule has 12 heteroatoms. The first-order valence-corrected chi connectivity index (χ1v) is 15.8. The highest BCUT2D eigenvalue weighted by molar-refractivity contribution is 14.0. The van der Waals surface area contributed by atoms with Gasteiger partial charge in [0.25, 0.3) is 0 Å². The predicted octanol–water partition coefficient (Wildman–Crippen LogP) is 8.68. The van der Waals surface area contributed by atoms with Crippen LogP contribution in [-0.2, 0) is 14.4 Å². The summed E-state index contributed by atoms with van der Waals surface area (Å²) in [4.78, 5) is 30.7. The Morgan fingerprint density at radius 3 is 1.14 bits per heavy atom. The first kappa shape index (κ1) is 54.6. The molecule has 0 radical (unpaired) electrons. The number of halogens is 2. The topological polar surface area (TPSA) is 181 Å². The van der Waals surface area contributed by atoms with Gasteiger partial charge < -0.3 is 19.7 Å². The van der Waals surface area contributed by atoms with Crippen LogP contribution in [0.15, 0.2) is 72.8 Å². The van der Waals surface area contributed by atoms with E-state index in [2.05, 4.69) is 0 Å². The number of rotatable bonds is 10. The Bertz CT molecular complexity index is 1320. The molecular formula is C38H51FIN3O7. The third-order valence-electron chi connectivity index (χ3n) is 4.71. The van der Waals surface area contributed by atoms with Crippen LogP contribution in [0, 0.1) is 39.8 Å². The largest absolute Gasteiger partial charge is 0.493 e. The number of Topliss-reactive ketones (excluding diaryl/α,β-unsaturated/α-hetero) is 2. The van der Waals surface area contributed by atoms with Gasteiger partial charge in [0.2, 0.25) is 0 Å². The molecule has 0 aliphatic heterocycles. The first-order chi connectivity index (χ1) is 23.5. The van der Waals surface area contributed by atoms with Gasteiger partial charge in [0, 0.05) is 19.4 Å². The summed E-state index contributed by atoms with van der Waals surface area (Å²) in [6, 6.07) is 24.6. The van der Waals surface area contributed by atoms with Crippen LogP contribution in [0.1, 0.15) is 91.3 Å². The van der Waals surface area contributed by atoms with E-state index in [9.17, 15) is 18.8 Å². The van der Waals surface area contributed by atoms with Crippen molar-refractivity contribution in [2.75, 3.05) is 19.8 Å². The molecule has 0 saturated carbocycles. The third-order valence-corrected chi connectivity index (χ3v) is 4.71. The van der Waals surface area contributed by atoms with Crippen molar-refractivity contribution < 1.29 is 38.5 Å². The van der Waals surface area contributed by atoms with Crippen LogP contribution in [0.4, 0.5) is 4.39 Å². The fourth-order valence-electron chi connectivity index (χ4n) is 2.50. The van der Waals surface area contributed by atoms with Gasteiger partial charge in [-0.3, -0.25) is 14.4 Å². The number of ketones is 2. The summed E-state index contributed by atoms with van der Waals surface area (Å²) in [5, 5.41) is 41.7. The maximum absolute atomic E-state index is 12.1. The number of hydrogen-bond acceptors (Lipinski definition) is 9. The van der Waals surface area contributed by atoms with Crippen molar-refractivity contribution in [1.29, 1.82) is 15.8 Å². The molecule has 0 amide bonds. The number of hydrogen-bond donors (Lipinski definition) is 2. The van der Waals surface area contributed by atoms with E-state index in [1.165, 1.54) is 38.1 Å². The smallest absolute Gasteiger partial charge is 0.306 e.